The summed E-state index contributed by atoms with van der Waals surface area (Å²) >= 11 is 0. The zero-order valence-corrected chi connectivity index (χ0v) is 11.2. The monoisotopic (exact) mass is 300 g/mol. The molecular weight excluding hydrogens is 289 g/mol. The first-order chi connectivity index (χ1) is 9.77. The van der Waals surface area contributed by atoms with E-state index in [0.29, 0.717) is 0 Å². The average molecular weight is 300 g/mol. The molecule has 6 nitrogen and oxygen atoms in total. The first kappa shape index (κ1) is 14.8. The van der Waals surface area contributed by atoms with Crippen LogP contribution < -0.4 is 10.5 Å². The van der Waals surface area contributed by atoms with Crippen molar-refractivity contribution in [3.63, 3.8) is 0 Å². The molecule has 2 aromatic rings. The number of hydrogen-bond acceptors (Lipinski definition) is 6. The SMILES string of the molecule is C=C(C)c1c(N)c(-c2nnco2)nc(OC)c1C(F)(F)F. The molecule has 0 aromatic carbocycles. The number of pyridine rings is 1. The highest BCUT2D eigenvalue weighted by Gasteiger charge is 2.40. The van der Waals surface area contributed by atoms with Crippen LogP contribution in [0.5, 0.6) is 5.88 Å². The van der Waals surface area contributed by atoms with Crippen LogP contribution >= 0.6 is 0 Å². The highest BCUT2D eigenvalue weighted by molar-refractivity contribution is 5.84. The number of alkyl halides is 3. The third kappa shape index (κ3) is 2.54. The quantitative estimate of drug-likeness (QED) is 0.937. The molecule has 2 aromatic heterocycles. The van der Waals surface area contributed by atoms with E-state index in [1.54, 1.807) is 0 Å². The molecule has 0 unspecified atom stereocenters. The zero-order valence-electron chi connectivity index (χ0n) is 11.2. The summed E-state index contributed by atoms with van der Waals surface area (Å²) in [6, 6.07) is 0. The highest BCUT2D eigenvalue weighted by atomic mass is 19.4. The number of halogens is 3. The molecule has 2 rings (SSSR count). The molecule has 9 heteroatoms. The fourth-order valence-corrected chi connectivity index (χ4v) is 1.87. The summed E-state index contributed by atoms with van der Waals surface area (Å²) in [5, 5.41) is 7.03. The van der Waals surface area contributed by atoms with Crippen molar-refractivity contribution in [1.29, 1.82) is 0 Å². The molecule has 21 heavy (non-hydrogen) atoms. The molecule has 2 N–H and O–H groups in total. The number of allylic oxidation sites excluding steroid dienone is 1. The van der Waals surface area contributed by atoms with Crippen LogP contribution in [0.15, 0.2) is 17.4 Å². The number of nitrogen functional groups attached to an aromatic ring is 1. The molecule has 2 heterocycles. The molecule has 0 aliphatic carbocycles. The molecular formula is C12H11F3N4O2. The van der Waals surface area contributed by atoms with E-state index in [-0.39, 0.29) is 28.4 Å². The average Bonchev–Trinajstić information content (AvgIpc) is 2.90. The molecule has 0 spiro atoms. The van der Waals surface area contributed by atoms with E-state index >= 15 is 0 Å². The lowest BCUT2D eigenvalue weighted by Crippen LogP contribution is -2.15. The summed E-state index contributed by atoms with van der Waals surface area (Å²) in [7, 11) is 1.08. The van der Waals surface area contributed by atoms with Gasteiger partial charge >= 0.3 is 6.18 Å². The minimum Gasteiger partial charge on any atom is -0.481 e. The van der Waals surface area contributed by atoms with Gasteiger partial charge < -0.3 is 14.9 Å². The topological polar surface area (TPSA) is 87.1 Å². The second kappa shape index (κ2) is 5.08. The first-order valence-corrected chi connectivity index (χ1v) is 5.64. The Bertz CT molecular complexity index is 681. The van der Waals surface area contributed by atoms with Gasteiger partial charge in [-0.3, -0.25) is 0 Å². The Morgan fingerprint density at radius 1 is 1.43 bits per heavy atom. The molecule has 0 radical (unpaired) electrons. The number of nitrogens with zero attached hydrogens (tertiary/aromatic N) is 3. The Labute approximate surface area is 117 Å². The minimum absolute atomic E-state index is 0.0876. The van der Waals surface area contributed by atoms with E-state index in [1.807, 2.05) is 0 Å². The van der Waals surface area contributed by atoms with Crippen LogP contribution in [0, 0.1) is 0 Å². The van der Waals surface area contributed by atoms with Crippen LogP contribution in [-0.4, -0.2) is 22.3 Å². The lowest BCUT2D eigenvalue weighted by Gasteiger charge is -2.19. The van der Waals surface area contributed by atoms with Crippen molar-refractivity contribution in [3.05, 3.63) is 24.1 Å². The smallest absolute Gasteiger partial charge is 0.422 e. The summed E-state index contributed by atoms with van der Waals surface area (Å²) in [6.07, 6.45) is -3.69. The van der Waals surface area contributed by atoms with Gasteiger partial charge in [-0.05, 0) is 12.5 Å². The van der Waals surface area contributed by atoms with Gasteiger partial charge in [0.1, 0.15) is 5.56 Å². The summed E-state index contributed by atoms with van der Waals surface area (Å²) in [5.41, 5.74) is 4.18. The number of anilines is 1. The fraction of sp³-hybridized carbons (Fsp3) is 0.250. The van der Waals surface area contributed by atoms with E-state index in [9.17, 15) is 13.2 Å². The summed E-state index contributed by atoms with van der Waals surface area (Å²) in [6.45, 7) is 4.93. The van der Waals surface area contributed by atoms with E-state index in [2.05, 4.69) is 21.8 Å². The number of hydrogen-bond donors (Lipinski definition) is 1. The van der Waals surface area contributed by atoms with E-state index in [0.717, 1.165) is 13.5 Å². The maximum Gasteiger partial charge on any atom is 0.422 e. The Balaban J connectivity index is 2.86. The lowest BCUT2D eigenvalue weighted by molar-refractivity contribution is -0.139. The van der Waals surface area contributed by atoms with Gasteiger partial charge in [-0.25, -0.2) is 4.98 Å². The Morgan fingerprint density at radius 3 is 2.52 bits per heavy atom. The first-order valence-electron chi connectivity index (χ1n) is 5.64. The van der Waals surface area contributed by atoms with Crippen LogP contribution in [-0.2, 0) is 6.18 Å². The Morgan fingerprint density at radius 2 is 2.10 bits per heavy atom. The Kier molecular flexibility index (Phi) is 3.58. The number of rotatable bonds is 3. The predicted octanol–water partition coefficient (Wildman–Crippen LogP) is 2.77. The van der Waals surface area contributed by atoms with Crippen molar-refractivity contribution in [2.45, 2.75) is 13.1 Å². The molecule has 0 saturated heterocycles. The van der Waals surface area contributed by atoms with Gasteiger partial charge in [-0.15, -0.1) is 10.2 Å². The number of methoxy groups -OCH3 is 1. The van der Waals surface area contributed by atoms with Crippen molar-refractivity contribution in [1.82, 2.24) is 15.2 Å². The third-order valence-corrected chi connectivity index (χ3v) is 2.67. The normalized spacial score (nSPS) is 11.5. The van der Waals surface area contributed by atoms with E-state index in [1.165, 1.54) is 6.92 Å². The van der Waals surface area contributed by atoms with Gasteiger partial charge in [0.2, 0.25) is 12.3 Å². The summed E-state index contributed by atoms with van der Waals surface area (Å²) in [5.74, 6) is -0.745. The van der Waals surface area contributed by atoms with Gasteiger partial charge in [0.05, 0.1) is 12.8 Å². The maximum absolute atomic E-state index is 13.2. The molecule has 0 aliphatic rings. The van der Waals surface area contributed by atoms with Crippen LogP contribution in [0.2, 0.25) is 0 Å². The van der Waals surface area contributed by atoms with Crippen molar-refractivity contribution in [2.24, 2.45) is 0 Å². The van der Waals surface area contributed by atoms with Crippen LogP contribution in [0.25, 0.3) is 17.2 Å². The van der Waals surface area contributed by atoms with Crippen LogP contribution in [0.1, 0.15) is 18.1 Å². The van der Waals surface area contributed by atoms with E-state index < -0.39 is 17.6 Å². The predicted molar refractivity (Wildman–Crippen MR) is 68.2 cm³/mol. The molecule has 0 aliphatic heterocycles. The molecule has 112 valence electrons. The van der Waals surface area contributed by atoms with Gasteiger partial charge in [-0.2, -0.15) is 13.2 Å². The second-order valence-electron chi connectivity index (χ2n) is 4.16. The maximum atomic E-state index is 13.2. The van der Waals surface area contributed by atoms with Gasteiger partial charge in [0.25, 0.3) is 5.89 Å². The zero-order chi connectivity index (χ0) is 15.8. The van der Waals surface area contributed by atoms with Crippen molar-refractivity contribution in [3.8, 4) is 17.5 Å². The third-order valence-electron chi connectivity index (χ3n) is 2.67. The van der Waals surface area contributed by atoms with Crippen molar-refractivity contribution < 1.29 is 22.3 Å². The van der Waals surface area contributed by atoms with Gasteiger partial charge in [0, 0.05) is 5.56 Å². The van der Waals surface area contributed by atoms with Crippen molar-refractivity contribution >= 4 is 11.3 Å². The number of aromatic nitrogens is 3. The minimum atomic E-state index is -4.70. The fourth-order valence-electron chi connectivity index (χ4n) is 1.87. The molecule has 0 fully saturated rings. The molecule has 0 bridgehead atoms. The van der Waals surface area contributed by atoms with Crippen molar-refractivity contribution in [2.75, 3.05) is 12.8 Å². The number of nitrogens with two attached hydrogens (primary N) is 1. The van der Waals surface area contributed by atoms with Gasteiger partial charge in [0.15, 0.2) is 5.69 Å². The summed E-state index contributed by atoms with van der Waals surface area (Å²) in [4.78, 5) is 3.74. The Hall–Kier alpha value is -2.58. The van der Waals surface area contributed by atoms with Crippen LogP contribution in [0.4, 0.5) is 18.9 Å². The molecule has 0 amide bonds. The summed E-state index contributed by atoms with van der Waals surface area (Å²) < 4.78 is 49.4. The second-order valence-corrected chi connectivity index (χ2v) is 4.16. The standard InChI is InChI=1S/C12H11F3N4O2/c1-5(2)6-7(12(13,14)15)10(20-3)18-9(8(6)16)11-19-17-4-21-11/h4H,1,16H2,2-3H3. The van der Waals surface area contributed by atoms with Gasteiger partial charge in [-0.1, -0.05) is 6.58 Å². The van der Waals surface area contributed by atoms with Crippen LogP contribution in [0.3, 0.4) is 0 Å². The highest BCUT2D eigenvalue weighted by Crippen LogP contribution is 2.44. The molecule has 0 atom stereocenters. The molecule has 0 saturated carbocycles. The van der Waals surface area contributed by atoms with E-state index in [4.69, 9.17) is 14.9 Å². The largest absolute Gasteiger partial charge is 0.481 e. The lowest BCUT2D eigenvalue weighted by atomic mass is 9.99. The number of ether oxygens (including phenoxy) is 1.